The van der Waals surface area contributed by atoms with Gasteiger partial charge in [0, 0.05) is 41.1 Å². The molecular formula is C31H35ClN2O2S. The predicted octanol–water partition coefficient (Wildman–Crippen LogP) is 6.91. The van der Waals surface area contributed by atoms with Gasteiger partial charge in [0.05, 0.1) is 0 Å². The molecule has 1 aliphatic rings. The summed E-state index contributed by atoms with van der Waals surface area (Å²) in [5.41, 5.74) is 1.95. The van der Waals surface area contributed by atoms with Gasteiger partial charge in [0.2, 0.25) is 11.8 Å². The minimum atomic E-state index is -0.600. The Balaban J connectivity index is 1.56. The van der Waals surface area contributed by atoms with E-state index in [1.165, 1.54) is 6.42 Å². The van der Waals surface area contributed by atoms with Crippen LogP contribution >= 0.6 is 23.4 Å². The largest absolute Gasteiger partial charge is 0.352 e. The molecule has 3 aromatic rings. The number of carbonyl (C=O) groups is 2. The summed E-state index contributed by atoms with van der Waals surface area (Å²) in [4.78, 5) is 30.4. The molecule has 3 aromatic carbocycles. The summed E-state index contributed by atoms with van der Waals surface area (Å²) in [5, 5.41) is 3.91. The lowest BCUT2D eigenvalue weighted by atomic mass is 9.94. The van der Waals surface area contributed by atoms with Gasteiger partial charge in [-0.3, -0.25) is 9.59 Å². The van der Waals surface area contributed by atoms with E-state index in [2.05, 4.69) is 17.4 Å². The SMILES string of the molecule is O=C(NC1CCCCC1)[C@H](Cc1ccccc1)N(Cc1cccc(Cl)c1)C(=O)CCSc1ccccc1. The van der Waals surface area contributed by atoms with E-state index in [0.29, 0.717) is 30.2 Å². The number of nitrogens with one attached hydrogen (secondary N) is 1. The van der Waals surface area contributed by atoms with Crippen molar-refractivity contribution in [3.05, 3.63) is 101 Å². The highest BCUT2D eigenvalue weighted by Gasteiger charge is 2.31. The fraction of sp³-hybridized carbons (Fsp3) is 0.355. The molecule has 1 fully saturated rings. The second kappa shape index (κ2) is 14.3. The van der Waals surface area contributed by atoms with Crippen molar-refractivity contribution in [2.75, 3.05) is 5.75 Å². The highest BCUT2D eigenvalue weighted by Crippen LogP contribution is 2.23. The summed E-state index contributed by atoms with van der Waals surface area (Å²) in [7, 11) is 0. The number of benzene rings is 3. The predicted molar refractivity (Wildman–Crippen MR) is 153 cm³/mol. The Kier molecular flexibility index (Phi) is 10.5. The summed E-state index contributed by atoms with van der Waals surface area (Å²) in [6.45, 7) is 0.338. The summed E-state index contributed by atoms with van der Waals surface area (Å²) in [6.07, 6.45) is 6.31. The highest BCUT2D eigenvalue weighted by molar-refractivity contribution is 7.99. The molecule has 1 N–H and O–H groups in total. The van der Waals surface area contributed by atoms with E-state index in [-0.39, 0.29) is 17.9 Å². The lowest BCUT2D eigenvalue weighted by Crippen LogP contribution is -2.52. The molecule has 4 rings (SSSR count). The van der Waals surface area contributed by atoms with Crippen molar-refractivity contribution in [3.8, 4) is 0 Å². The molecule has 0 saturated heterocycles. The Labute approximate surface area is 229 Å². The van der Waals surface area contributed by atoms with Crippen LogP contribution in [0, 0.1) is 0 Å². The first-order chi connectivity index (χ1) is 18.1. The molecule has 0 aromatic heterocycles. The second-order valence-electron chi connectivity index (χ2n) is 9.61. The molecular weight excluding hydrogens is 500 g/mol. The number of hydrogen-bond acceptors (Lipinski definition) is 3. The van der Waals surface area contributed by atoms with Crippen molar-refractivity contribution in [1.29, 1.82) is 0 Å². The van der Waals surface area contributed by atoms with Gasteiger partial charge in [0.15, 0.2) is 0 Å². The normalized spacial score (nSPS) is 14.6. The number of amides is 2. The zero-order valence-corrected chi connectivity index (χ0v) is 22.7. The van der Waals surface area contributed by atoms with Crippen molar-refractivity contribution in [2.45, 2.75) is 68.5 Å². The smallest absolute Gasteiger partial charge is 0.243 e. The average Bonchev–Trinajstić information content (AvgIpc) is 2.92. The van der Waals surface area contributed by atoms with Crippen LogP contribution < -0.4 is 5.32 Å². The third-order valence-electron chi connectivity index (χ3n) is 6.79. The molecule has 0 spiro atoms. The number of rotatable bonds is 11. The van der Waals surface area contributed by atoms with Crippen LogP contribution in [-0.2, 0) is 22.6 Å². The maximum atomic E-state index is 13.8. The first-order valence-corrected chi connectivity index (χ1v) is 14.5. The molecule has 6 heteroatoms. The van der Waals surface area contributed by atoms with Crippen molar-refractivity contribution in [1.82, 2.24) is 10.2 Å². The number of carbonyl (C=O) groups excluding carboxylic acids is 2. The van der Waals surface area contributed by atoms with Crippen LogP contribution in [0.4, 0.5) is 0 Å². The maximum Gasteiger partial charge on any atom is 0.243 e. The monoisotopic (exact) mass is 534 g/mol. The Morgan fingerprint density at radius 2 is 1.57 bits per heavy atom. The van der Waals surface area contributed by atoms with Crippen LogP contribution in [0.1, 0.15) is 49.7 Å². The van der Waals surface area contributed by atoms with E-state index in [1.807, 2.05) is 72.8 Å². The summed E-state index contributed by atoms with van der Waals surface area (Å²) in [5.74, 6) is 0.557. The number of halogens is 1. The van der Waals surface area contributed by atoms with Crippen LogP contribution in [0.25, 0.3) is 0 Å². The van der Waals surface area contributed by atoms with Crippen LogP contribution in [0.2, 0.25) is 5.02 Å². The van der Waals surface area contributed by atoms with Gasteiger partial charge in [0.1, 0.15) is 6.04 Å². The Morgan fingerprint density at radius 1 is 0.892 bits per heavy atom. The molecule has 4 nitrogen and oxygen atoms in total. The van der Waals surface area contributed by atoms with E-state index in [1.54, 1.807) is 16.7 Å². The Bertz CT molecular complexity index is 1140. The van der Waals surface area contributed by atoms with Crippen LogP contribution in [-0.4, -0.2) is 34.6 Å². The van der Waals surface area contributed by atoms with Crippen molar-refractivity contribution >= 4 is 35.2 Å². The van der Waals surface area contributed by atoms with E-state index in [9.17, 15) is 9.59 Å². The third kappa shape index (κ3) is 8.65. The van der Waals surface area contributed by atoms with E-state index in [4.69, 9.17) is 11.6 Å². The molecule has 0 heterocycles. The van der Waals surface area contributed by atoms with Crippen LogP contribution in [0.5, 0.6) is 0 Å². The van der Waals surface area contributed by atoms with E-state index >= 15 is 0 Å². The molecule has 0 radical (unpaired) electrons. The van der Waals surface area contributed by atoms with Gasteiger partial charge in [-0.25, -0.2) is 0 Å². The fourth-order valence-electron chi connectivity index (χ4n) is 4.85. The molecule has 194 valence electrons. The summed E-state index contributed by atoms with van der Waals surface area (Å²) < 4.78 is 0. The minimum absolute atomic E-state index is 0.0249. The molecule has 1 saturated carbocycles. The first kappa shape index (κ1) is 27.3. The van der Waals surface area contributed by atoms with Gasteiger partial charge < -0.3 is 10.2 Å². The van der Waals surface area contributed by atoms with Gasteiger partial charge in [-0.15, -0.1) is 11.8 Å². The van der Waals surface area contributed by atoms with Crippen LogP contribution in [0.3, 0.4) is 0 Å². The fourth-order valence-corrected chi connectivity index (χ4v) is 5.92. The number of thioether (sulfide) groups is 1. The quantitative estimate of drug-likeness (QED) is 0.272. The molecule has 1 aliphatic carbocycles. The van der Waals surface area contributed by atoms with Gasteiger partial charge in [-0.1, -0.05) is 91.5 Å². The van der Waals surface area contributed by atoms with Gasteiger partial charge >= 0.3 is 0 Å². The van der Waals surface area contributed by atoms with E-state index < -0.39 is 6.04 Å². The van der Waals surface area contributed by atoms with Gasteiger partial charge in [-0.05, 0) is 48.2 Å². The van der Waals surface area contributed by atoms with Crippen molar-refractivity contribution in [3.63, 3.8) is 0 Å². The van der Waals surface area contributed by atoms with E-state index in [0.717, 1.165) is 41.7 Å². The summed E-state index contributed by atoms with van der Waals surface area (Å²) in [6, 6.07) is 27.2. The molecule has 0 unspecified atom stereocenters. The van der Waals surface area contributed by atoms with Crippen LogP contribution in [0.15, 0.2) is 89.8 Å². The molecule has 0 bridgehead atoms. The van der Waals surface area contributed by atoms with Gasteiger partial charge in [-0.2, -0.15) is 0 Å². The maximum absolute atomic E-state index is 13.8. The molecule has 0 aliphatic heterocycles. The standard InChI is InChI=1S/C31H35ClN2O2S/c32-26-14-10-13-25(21-26)23-34(30(35)19-20-37-28-17-8-3-9-18-28)29(22-24-11-4-1-5-12-24)31(36)33-27-15-6-2-7-16-27/h1,3-5,8-14,17-18,21,27,29H,2,6-7,15-16,19-20,22-23H2,(H,33,36)/t29-/m0/s1. The lowest BCUT2D eigenvalue weighted by molar-refractivity contribution is -0.141. The molecule has 37 heavy (non-hydrogen) atoms. The van der Waals surface area contributed by atoms with Crippen molar-refractivity contribution in [2.24, 2.45) is 0 Å². The first-order valence-electron chi connectivity index (χ1n) is 13.1. The van der Waals surface area contributed by atoms with Crippen molar-refractivity contribution < 1.29 is 9.59 Å². The average molecular weight is 535 g/mol. The zero-order valence-electron chi connectivity index (χ0n) is 21.2. The molecule has 1 atom stereocenters. The number of hydrogen-bond donors (Lipinski definition) is 1. The lowest BCUT2D eigenvalue weighted by Gasteiger charge is -2.33. The van der Waals surface area contributed by atoms with Gasteiger partial charge in [0.25, 0.3) is 0 Å². The molecule has 2 amide bonds. The topological polar surface area (TPSA) is 49.4 Å². The Morgan fingerprint density at radius 3 is 2.27 bits per heavy atom. The third-order valence-corrected chi connectivity index (χ3v) is 8.04. The highest BCUT2D eigenvalue weighted by atomic mass is 35.5. The Hall–Kier alpha value is -2.76. The zero-order chi connectivity index (χ0) is 25.9. The minimum Gasteiger partial charge on any atom is -0.352 e. The number of nitrogens with zero attached hydrogens (tertiary/aromatic N) is 1. The second-order valence-corrected chi connectivity index (χ2v) is 11.2. The summed E-state index contributed by atoms with van der Waals surface area (Å²) >= 11 is 7.93.